The highest BCUT2D eigenvalue weighted by Crippen LogP contribution is 2.28. The van der Waals surface area contributed by atoms with Crippen molar-refractivity contribution in [1.82, 2.24) is 10.2 Å². The van der Waals surface area contributed by atoms with E-state index in [0.717, 1.165) is 31.7 Å². The molecular weight excluding hydrogens is 285 g/mol. The second-order valence-corrected chi connectivity index (χ2v) is 4.84. The Morgan fingerprint density at radius 3 is 2.71 bits per heavy atom. The number of halogens is 2. The molecule has 17 heavy (non-hydrogen) atoms. The van der Waals surface area contributed by atoms with Gasteiger partial charge in [-0.05, 0) is 17.7 Å². The summed E-state index contributed by atoms with van der Waals surface area (Å²) in [5.41, 5.74) is 0.829. The molecule has 0 radical (unpaired) electrons. The summed E-state index contributed by atoms with van der Waals surface area (Å²) < 4.78 is 13.7. The molecule has 0 bridgehead atoms. The normalized spacial score (nSPS) is 18.6. The SMILES string of the molecule is N#CC(c1ccc(F)cc1Br)N1CCNCC1. The van der Waals surface area contributed by atoms with Crippen molar-refractivity contribution in [3.05, 3.63) is 34.1 Å². The fraction of sp³-hybridized carbons (Fsp3) is 0.417. The quantitative estimate of drug-likeness (QED) is 0.908. The zero-order chi connectivity index (χ0) is 12.3. The van der Waals surface area contributed by atoms with E-state index >= 15 is 0 Å². The average molecular weight is 298 g/mol. The van der Waals surface area contributed by atoms with Crippen LogP contribution in [0.4, 0.5) is 4.39 Å². The van der Waals surface area contributed by atoms with Gasteiger partial charge in [0.25, 0.3) is 0 Å². The number of hydrogen-bond donors (Lipinski definition) is 1. The van der Waals surface area contributed by atoms with Gasteiger partial charge in [-0.25, -0.2) is 4.39 Å². The van der Waals surface area contributed by atoms with E-state index in [0.29, 0.717) is 4.47 Å². The third-order valence-electron chi connectivity index (χ3n) is 2.90. The van der Waals surface area contributed by atoms with Crippen molar-refractivity contribution in [2.75, 3.05) is 26.2 Å². The maximum Gasteiger partial charge on any atom is 0.125 e. The zero-order valence-corrected chi connectivity index (χ0v) is 10.9. The van der Waals surface area contributed by atoms with Crippen LogP contribution in [0.1, 0.15) is 11.6 Å². The maximum atomic E-state index is 13.0. The van der Waals surface area contributed by atoms with Crippen LogP contribution in [0.25, 0.3) is 0 Å². The van der Waals surface area contributed by atoms with Crippen molar-refractivity contribution in [2.45, 2.75) is 6.04 Å². The molecule has 3 nitrogen and oxygen atoms in total. The molecule has 0 aromatic heterocycles. The molecular formula is C12H13BrFN3. The summed E-state index contributed by atoms with van der Waals surface area (Å²) in [7, 11) is 0. The number of hydrogen-bond acceptors (Lipinski definition) is 3. The van der Waals surface area contributed by atoms with Gasteiger partial charge in [0, 0.05) is 30.7 Å². The smallest absolute Gasteiger partial charge is 0.125 e. The fourth-order valence-corrected chi connectivity index (χ4v) is 2.58. The first-order valence-electron chi connectivity index (χ1n) is 5.51. The highest BCUT2D eigenvalue weighted by atomic mass is 79.9. The number of nitrogens with zero attached hydrogens (tertiary/aromatic N) is 2. The van der Waals surface area contributed by atoms with Crippen LogP contribution in [-0.2, 0) is 0 Å². The molecule has 0 saturated carbocycles. The van der Waals surface area contributed by atoms with Crippen molar-refractivity contribution in [2.24, 2.45) is 0 Å². The topological polar surface area (TPSA) is 39.1 Å². The Kier molecular flexibility index (Phi) is 4.11. The molecule has 1 fully saturated rings. The lowest BCUT2D eigenvalue weighted by atomic mass is 10.1. The van der Waals surface area contributed by atoms with Gasteiger partial charge in [-0.15, -0.1) is 0 Å². The lowest BCUT2D eigenvalue weighted by Crippen LogP contribution is -2.44. The minimum atomic E-state index is -0.313. The van der Waals surface area contributed by atoms with Crippen molar-refractivity contribution >= 4 is 15.9 Å². The van der Waals surface area contributed by atoms with Crippen LogP contribution in [0.5, 0.6) is 0 Å². The molecule has 1 saturated heterocycles. The Hall–Kier alpha value is -0.960. The summed E-state index contributed by atoms with van der Waals surface area (Å²) in [4.78, 5) is 2.11. The van der Waals surface area contributed by atoms with Gasteiger partial charge in [0.2, 0.25) is 0 Å². The molecule has 1 unspecified atom stereocenters. The minimum Gasteiger partial charge on any atom is -0.314 e. The summed E-state index contributed by atoms with van der Waals surface area (Å²) in [6, 6.07) is 6.46. The van der Waals surface area contributed by atoms with Gasteiger partial charge < -0.3 is 5.32 Å². The van der Waals surface area contributed by atoms with Gasteiger partial charge in [-0.2, -0.15) is 5.26 Å². The molecule has 1 aromatic carbocycles. The Labute approximate surface area is 108 Å². The molecule has 1 aromatic rings. The van der Waals surface area contributed by atoms with E-state index in [1.165, 1.54) is 12.1 Å². The Balaban J connectivity index is 2.25. The Morgan fingerprint density at radius 2 is 2.12 bits per heavy atom. The van der Waals surface area contributed by atoms with Crippen LogP contribution >= 0.6 is 15.9 Å². The molecule has 0 aliphatic carbocycles. The van der Waals surface area contributed by atoms with Crippen LogP contribution in [0, 0.1) is 17.1 Å². The van der Waals surface area contributed by atoms with Gasteiger partial charge in [0.15, 0.2) is 0 Å². The molecule has 1 aliphatic rings. The van der Waals surface area contributed by atoms with Crippen molar-refractivity contribution < 1.29 is 4.39 Å². The van der Waals surface area contributed by atoms with E-state index in [1.54, 1.807) is 6.07 Å². The average Bonchev–Trinajstić information content (AvgIpc) is 2.34. The van der Waals surface area contributed by atoms with Crippen LogP contribution in [-0.4, -0.2) is 31.1 Å². The molecule has 5 heteroatoms. The minimum absolute atomic E-state index is 0.294. The summed E-state index contributed by atoms with van der Waals surface area (Å²) >= 11 is 3.32. The highest BCUT2D eigenvalue weighted by Gasteiger charge is 2.23. The first-order valence-corrected chi connectivity index (χ1v) is 6.31. The van der Waals surface area contributed by atoms with Crippen LogP contribution in [0.2, 0.25) is 0 Å². The monoisotopic (exact) mass is 297 g/mol. The first kappa shape index (κ1) is 12.5. The van der Waals surface area contributed by atoms with Crippen molar-refractivity contribution in [3.63, 3.8) is 0 Å². The van der Waals surface area contributed by atoms with E-state index in [1.807, 2.05) is 0 Å². The molecule has 2 rings (SSSR count). The summed E-state index contributed by atoms with van der Waals surface area (Å²) in [5.74, 6) is -0.294. The second-order valence-electron chi connectivity index (χ2n) is 3.98. The summed E-state index contributed by atoms with van der Waals surface area (Å²) in [5, 5.41) is 12.5. The third kappa shape index (κ3) is 2.83. The Bertz CT molecular complexity index is 438. The van der Waals surface area contributed by atoms with E-state index in [9.17, 15) is 9.65 Å². The van der Waals surface area contributed by atoms with Gasteiger partial charge in [-0.1, -0.05) is 22.0 Å². The van der Waals surface area contributed by atoms with Crippen molar-refractivity contribution in [1.29, 1.82) is 5.26 Å². The maximum absolute atomic E-state index is 13.0. The van der Waals surface area contributed by atoms with Crippen molar-refractivity contribution in [3.8, 4) is 6.07 Å². The number of piperazine rings is 1. The third-order valence-corrected chi connectivity index (χ3v) is 3.58. The largest absolute Gasteiger partial charge is 0.314 e. The van der Waals surface area contributed by atoms with Gasteiger partial charge >= 0.3 is 0 Å². The molecule has 1 atom stereocenters. The van der Waals surface area contributed by atoms with Crippen LogP contribution < -0.4 is 5.32 Å². The molecule has 1 aliphatic heterocycles. The van der Waals surface area contributed by atoms with Crippen LogP contribution in [0.15, 0.2) is 22.7 Å². The lowest BCUT2D eigenvalue weighted by molar-refractivity contribution is 0.207. The number of nitriles is 1. The second kappa shape index (κ2) is 5.58. The predicted octanol–water partition coefficient (Wildman–Crippen LogP) is 2.06. The lowest BCUT2D eigenvalue weighted by Gasteiger charge is -2.31. The molecule has 0 spiro atoms. The predicted molar refractivity (Wildman–Crippen MR) is 66.9 cm³/mol. The summed E-state index contributed by atoms with van der Waals surface area (Å²) in [6.45, 7) is 3.44. The van der Waals surface area contributed by atoms with E-state index in [4.69, 9.17) is 0 Å². The Morgan fingerprint density at radius 1 is 1.41 bits per heavy atom. The standard InChI is InChI=1S/C12H13BrFN3/c13-11-7-9(14)1-2-10(11)12(8-15)17-5-3-16-4-6-17/h1-2,7,12,16H,3-6H2. The molecule has 1 N–H and O–H groups in total. The van der Waals surface area contributed by atoms with Gasteiger partial charge in [-0.3, -0.25) is 4.90 Å². The van der Waals surface area contributed by atoms with E-state index in [-0.39, 0.29) is 11.9 Å². The van der Waals surface area contributed by atoms with E-state index < -0.39 is 0 Å². The zero-order valence-electron chi connectivity index (χ0n) is 9.29. The van der Waals surface area contributed by atoms with Crippen LogP contribution in [0.3, 0.4) is 0 Å². The van der Waals surface area contributed by atoms with E-state index in [2.05, 4.69) is 32.2 Å². The van der Waals surface area contributed by atoms with Gasteiger partial charge in [0.05, 0.1) is 6.07 Å². The molecule has 1 heterocycles. The fourth-order valence-electron chi connectivity index (χ4n) is 2.01. The molecule has 0 amide bonds. The molecule has 90 valence electrons. The number of nitrogens with one attached hydrogen (secondary N) is 1. The summed E-state index contributed by atoms with van der Waals surface area (Å²) in [6.07, 6.45) is 0. The van der Waals surface area contributed by atoms with Gasteiger partial charge in [0.1, 0.15) is 11.9 Å². The number of benzene rings is 1. The first-order chi connectivity index (χ1) is 8.22. The number of rotatable bonds is 2. The highest BCUT2D eigenvalue weighted by molar-refractivity contribution is 9.10.